The van der Waals surface area contributed by atoms with Gasteiger partial charge in [-0.15, -0.1) is 0 Å². The Morgan fingerprint density at radius 1 is 1.37 bits per heavy atom. The number of aromatic nitrogens is 2. The third-order valence-corrected chi connectivity index (χ3v) is 2.57. The standard InChI is InChI=1S/C13H12FN3O2/c1-2-17-8-10(4-6-12(17)18)16-13(19)9-3-5-11(14)15-7-9/h3-8H,2H2,1H3,(H,16,19). The smallest absolute Gasteiger partial charge is 0.257 e. The highest BCUT2D eigenvalue weighted by Crippen LogP contribution is 2.07. The molecule has 2 aromatic rings. The molecule has 0 aliphatic rings. The van der Waals surface area contributed by atoms with Crippen molar-refractivity contribution in [1.29, 1.82) is 0 Å². The minimum atomic E-state index is -0.643. The van der Waals surface area contributed by atoms with Gasteiger partial charge in [0.25, 0.3) is 11.5 Å². The second kappa shape index (κ2) is 5.43. The Labute approximate surface area is 108 Å². The first-order chi connectivity index (χ1) is 9.10. The second-order valence-electron chi connectivity index (χ2n) is 3.87. The predicted octanol–water partition coefficient (Wildman–Crippen LogP) is 1.65. The molecule has 6 heteroatoms. The summed E-state index contributed by atoms with van der Waals surface area (Å²) < 4.78 is 14.1. The number of nitrogens with one attached hydrogen (secondary N) is 1. The van der Waals surface area contributed by atoms with E-state index in [9.17, 15) is 14.0 Å². The summed E-state index contributed by atoms with van der Waals surface area (Å²) in [6.45, 7) is 2.34. The number of rotatable bonds is 3. The maximum Gasteiger partial charge on any atom is 0.257 e. The predicted molar refractivity (Wildman–Crippen MR) is 68.5 cm³/mol. The number of nitrogens with zero attached hydrogens (tertiary/aromatic N) is 2. The summed E-state index contributed by atoms with van der Waals surface area (Å²) in [5.41, 5.74) is 0.607. The number of anilines is 1. The van der Waals surface area contributed by atoms with Crippen LogP contribution in [0.3, 0.4) is 0 Å². The van der Waals surface area contributed by atoms with Crippen molar-refractivity contribution < 1.29 is 9.18 Å². The van der Waals surface area contributed by atoms with Gasteiger partial charge in [0, 0.05) is 25.0 Å². The zero-order valence-corrected chi connectivity index (χ0v) is 10.3. The average Bonchev–Trinajstić information content (AvgIpc) is 2.41. The van der Waals surface area contributed by atoms with Crippen LogP contribution in [-0.4, -0.2) is 15.5 Å². The molecule has 0 unspecified atom stereocenters. The molecule has 98 valence electrons. The zero-order valence-electron chi connectivity index (χ0n) is 10.3. The summed E-state index contributed by atoms with van der Waals surface area (Å²) in [6, 6.07) is 5.35. The number of carbonyl (C=O) groups is 1. The fourth-order valence-electron chi connectivity index (χ4n) is 1.57. The lowest BCUT2D eigenvalue weighted by Crippen LogP contribution is -2.19. The van der Waals surface area contributed by atoms with Crippen molar-refractivity contribution in [2.75, 3.05) is 5.32 Å². The highest BCUT2D eigenvalue weighted by molar-refractivity contribution is 6.03. The van der Waals surface area contributed by atoms with Crippen LogP contribution in [-0.2, 0) is 6.54 Å². The van der Waals surface area contributed by atoms with Crippen LogP contribution in [0.25, 0.3) is 0 Å². The van der Waals surface area contributed by atoms with Crippen LogP contribution in [0.5, 0.6) is 0 Å². The summed E-state index contributed by atoms with van der Waals surface area (Å²) in [7, 11) is 0. The summed E-state index contributed by atoms with van der Waals surface area (Å²) in [5, 5.41) is 2.62. The van der Waals surface area contributed by atoms with Crippen LogP contribution < -0.4 is 10.9 Å². The zero-order chi connectivity index (χ0) is 13.8. The maximum absolute atomic E-state index is 12.6. The van der Waals surface area contributed by atoms with Crippen molar-refractivity contribution in [3.05, 3.63) is 58.5 Å². The number of hydrogen-bond acceptors (Lipinski definition) is 3. The van der Waals surface area contributed by atoms with Crippen molar-refractivity contribution >= 4 is 11.6 Å². The van der Waals surface area contributed by atoms with Gasteiger partial charge in [0.1, 0.15) is 0 Å². The van der Waals surface area contributed by atoms with Gasteiger partial charge in [-0.25, -0.2) is 4.98 Å². The van der Waals surface area contributed by atoms with E-state index in [1.54, 1.807) is 6.20 Å². The fourth-order valence-corrected chi connectivity index (χ4v) is 1.57. The quantitative estimate of drug-likeness (QED) is 0.854. The van der Waals surface area contributed by atoms with Gasteiger partial charge >= 0.3 is 0 Å². The Morgan fingerprint density at radius 3 is 2.79 bits per heavy atom. The molecule has 2 aromatic heterocycles. The lowest BCUT2D eigenvalue weighted by molar-refractivity contribution is 0.102. The Hall–Kier alpha value is -2.50. The molecule has 0 aliphatic heterocycles. The van der Waals surface area contributed by atoms with E-state index in [-0.39, 0.29) is 11.1 Å². The van der Waals surface area contributed by atoms with Gasteiger partial charge in [-0.1, -0.05) is 0 Å². The first kappa shape index (κ1) is 12.9. The molecular weight excluding hydrogens is 249 g/mol. The Kier molecular flexibility index (Phi) is 3.70. The number of amides is 1. The molecular formula is C13H12FN3O2. The molecule has 0 saturated heterocycles. The maximum atomic E-state index is 12.6. The van der Waals surface area contributed by atoms with E-state index in [2.05, 4.69) is 10.3 Å². The SMILES string of the molecule is CCn1cc(NC(=O)c2ccc(F)nc2)ccc1=O. The molecule has 19 heavy (non-hydrogen) atoms. The van der Waals surface area contributed by atoms with Crippen LogP contribution in [0.15, 0.2) is 41.5 Å². The molecule has 0 aromatic carbocycles. The van der Waals surface area contributed by atoms with E-state index in [1.807, 2.05) is 6.92 Å². The minimum absolute atomic E-state index is 0.135. The van der Waals surface area contributed by atoms with Crippen LogP contribution in [0, 0.1) is 5.95 Å². The van der Waals surface area contributed by atoms with Gasteiger partial charge in [-0.05, 0) is 25.1 Å². The topological polar surface area (TPSA) is 64.0 Å². The van der Waals surface area contributed by atoms with E-state index in [0.717, 1.165) is 12.3 Å². The number of hydrogen-bond donors (Lipinski definition) is 1. The highest BCUT2D eigenvalue weighted by atomic mass is 19.1. The van der Waals surface area contributed by atoms with E-state index in [4.69, 9.17) is 0 Å². The van der Waals surface area contributed by atoms with Gasteiger partial charge < -0.3 is 9.88 Å². The number of pyridine rings is 2. The first-order valence-electron chi connectivity index (χ1n) is 5.73. The van der Waals surface area contributed by atoms with Gasteiger partial charge in [0.05, 0.1) is 11.3 Å². The molecule has 5 nitrogen and oxygen atoms in total. The third-order valence-electron chi connectivity index (χ3n) is 2.57. The second-order valence-corrected chi connectivity index (χ2v) is 3.87. The minimum Gasteiger partial charge on any atom is -0.321 e. The van der Waals surface area contributed by atoms with Crippen molar-refractivity contribution in [2.24, 2.45) is 0 Å². The van der Waals surface area contributed by atoms with Crippen molar-refractivity contribution in [3.8, 4) is 0 Å². The van der Waals surface area contributed by atoms with Gasteiger partial charge in [-0.2, -0.15) is 4.39 Å². The number of carbonyl (C=O) groups excluding carboxylic acids is 1. The molecule has 2 heterocycles. The van der Waals surface area contributed by atoms with Gasteiger partial charge in [-0.3, -0.25) is 9.59 Å². The molecule has 1 amide bonds. The van der Waals surface area contributed by atoms with E-state index in [0.29, 0.717) is 12.2 Å². The molecule has 0 atom stereocenters. The summed E-state index contributed by atoms with van der Waals surface area (Å²) in [6.07, 6.45) is 2.71. The van der Waals surface area contributed by atoms with E-state index >= 15 is 0 Å². The van der Waals surface area contributed by atoms with E-state index < -0.39 is 11.9 Å². The molecule has 1 N–H and O–H groups in total. The Bertz CT molecular complexity index is 650. The number of halogens is 1. The van der Waals surface area contributed by atoms with Crippen LogP contribution >= 0.6 is 0 Å². The third kappa shape index (κ3) is 3.04. The van der Waals surface area contributed by atoms with Crippen molar-refractivity contribution in [2.45, 2.75) is 13.5 Å². The monoisotopic (exact) mass is 261 g/mol. The number of aryl methyl sites for hydroxylation is 1. The lowest BCUT2D eigenvalue weighted by atomic mass is 10.2. The van der Waals surface area contributed by atoms with E-state index in [1.165, 1.54) is 22.8 Å². The van der Waals surface area contributed by atoms with Gasteiger partial charge in [0.2, 0.25) is 5.95 Å². The summed E-state index contributed by atoms with van der Waals surface area (Å²) in [5.74, 6) is -1.05. The summed E-state index contributed by atoms with van der Waals surface area (Å²) >= 11 is 0. The fraction of sp³-hybridized carbons (Fsp3) is 0.154. The molecule has 0 spiro atoms. The van der Waals surface area contributed by atoms with Crippen LogP contribution in [0.4, 0.5) is 10.1 Å². The lowest BCUT2D eigenvalue weighted by Gasteiger charge is -2.07. The van der Waals surface area contributed by atoms with Crippen molar-refractivity contribution in [3.63, 3.8) is 0 Å². The van der Waals surface area contributed by atoms with Crippen molar-refractivity contribution in [1.82, 2.24) is 9.55 Å². The Balaban J connectivity index is 2.19. The van der Waals surface area contributed by atoms with Crippen LogP contribution in [0.1, 0.15) is 17.3 Å². The molecule has 2 rings (SSSR count). The molecule has 0 fully saturated rings. The summed E-state index contributed by atoms with van der Waals surface area (Å²) in [4.78, 5) is 26.7. The molecule has 0 radical (unpaired) electrons. The normalized spacial score (nSPS) is 10.2. The largest absolute Gasteiger partial charge is 0.321 e. The Morgan fingerprint density at radius 2 is 2.16 bits per heavy atom. The van der Waals surface area contributed by atoms with Crippen LogP contribution in [0.2, 0.25) is 0 Å². The highest BCUT2D eigenvalue weighted by Gasteiger charge is 2.07. The molecule has 0 aliphatic carbocycles. The first-order valence-corrected chi connectivity index (χ1v) is 5.73. The van der Waals surface area contributed by atoms with Gasteiger partial charge in [0.15, 0.2) is 0 Å². The average molecular weight is 261 g/mol. The molecule has 0 bridgehead atoms. The molecule has 0 saturated carbocycles.